The molecule has 0 spiro atoms. The Labute approximate surface area is 135 Å². The summed E-state index contributed by atoms with van der Waals surface area (Å²) in [5.74, 6) is 1.85. The molecule has 0 bridgehead atoms. The van der Waals surface area contributed by atoms with Crippen LogP contribution in [0.1, 0.15) is 41.4 Å². The van der Waals surface area contributed by atoms with E-state index in [0.717, 1.165) is 48.7 Å². The average molecular weight is 314 g/mol. The number of aromatic amines is 1. The Hall–Kier alpha value is -2.44. The standard InChI is InChI=1S/C16H22N6O/c1-10(2)9-13-20-14-12(5-7-18-16(14)23)15(21-13)17-6-3-11-4-8-19-22-11/h4,8,10H,3,5-7,9H2,1-2H3,(H,18,23)(H,19,22)(H,17,20,21). The van der Waals surface area contributed by atoms with Crippen LogP contribution < -0.4 is 10.6 Å². The molecule has 0 unspecified atom stereocenters. The second-order valence-corrected chi connectivity index (χ2v) is 6.18. The number of aromatic nitrogens is 4. The highest BCUT2D eigenvalue weighted by atomic mass is 16.1. The van der Waals surface area contributed by atoms with Crippen molar-refractivity contribution in [2.75, 3.05) is 18.4 Å². The van der Waals surface area contributed by atoms with Crippen molar-refractivity contribution in [2.24, 2.45) is 5.92 Å². The van der Waals surface area contributed by atoms with Crippen LogP contribution in [0.15, 0.2) is 12.3 Å². The lowest BCUT2D eigenvalue weighted by Crippen LogP contribution is -2.34. The first kappa shape index (κ1) is 15.5. The number of hydrogen-bond acceptors (Lipinski definition) is 5. The summed E-state index contributed by atoms with van der Waals surface area (Å²) in [6.45, 7) is 5.60. The number of nitrogens with zero attached hydrogens (tertiary/aromatic N) is 3. The molecule has 0 saturated carbocycles. The van der Waals surface area contributed by atoms with E-state index in [4.69, 9.17) is 0 Å². The van der Waals surface area contributed by atoms with Crippen LogP contribution in [-0.2, 0) is 19.3 Å². The number of nitrogens with one attached hydrogen (secondary N) is 3. The van der Waals surface area contributed by atoms with E-state index < -0.39 is 0 Å². The van der Waals surface area contributed by atoms with Crippen molar-refractivity contribution < 1.29 is 4.79 Å². The zero-order valence-electron chi connectivity index (χ0n) is 13.5. The number of anilines is 1. The largest absolute Gasteiger partial charge is 0.369 e. The predicted molar refractivity (Wildman–Crippen MR) is 87.4 cm³/mol. The Bertz CT molecular complexity index is 680. The maximum Gasteiger partial charge on any atom is 0.270 e. The lowest BCUT2D eigenvalue weighted by atomic mass is 10.0. The second kappa shape index (κ2) is 6.76. The minimum Gasteiger partial charge on any atom is -0.369 e. The quantitative estimate of drug-likeness (QED) is 0.748. The molecule has 3 heterocycles. The zero-order valence-corrected chi connectivity index (χ0v) is 13.5. The molecule has 1 aliphatic heterocycles. The molecule has 0 atom stereocenters. The molecule has 2 aromatic heterocycles. The first-order valence-electron chi connectivity index (χ1n) is 8.03. The number of hydrogen-bond donors (Lipinski definition) is 3. The predicted octanol–water partition coefficient (Wildman–Crippen LogP) is 1.34. The highest BCUT2D eigenvalue weighted by Gasteiger charge is 2.23. The third-order valence-electron chi connectivity index (χ3n) is 3.77. The monoisotopic (exact) mass is 314 g/mol. The van der Waals surface area contributed by atoms with Crippen LogP contribution in [0.2, 0.25) is 0 Å². The lowest BCUT2D eigenvalue weighted by Gasteiger charge is -2.20. The number of carbonyl (C=O) groups excluding carboxylic acids is 1. The van der Waals surface area contributed by atoms with Crippen LogP contribution in [-0.4, -0.2) is 39.2 Å². The minimum atomic E-state index is -0.102. The fraction of sp³-hybridized carbons (Fsp3) is 0.500. The van der Waals surface area contributed by atoms with E-state index in [1.807, 2.05) is 6.07 Å². The summed E-state index contributed by atoms with van der Waals surface area (Å²) in [6.07, 6.45) is 4.09. The summed E-state index contributed by atoms with van der Waals surface area (Å²) in [6, 6.07) is 1.95. The van der Waals surface area contributed by atoms with Crippen LogP contribution in [0, 0.1) is 5.92 Å². The average Bonchev–Trinajstić information content (AvgIpc) is 3.01. The van der Waals surface area contributed by atoms with Crippen molar-refractivity contribution in [3.05, 3.63) is 35.0 Å². The maximum atomic E-state index is 12.1. The van der Waals surface area contributed by atoms with Gasteiger partial charge in [-0.2, -0.15) is 5.10 Å². The summed E-state index contributed by atoms with van der Waals surface area (Å²) in [5.41, 5.74) is 2.51. The van der Waals surface area contributed by atoms with Crippen molar-refractivity contribution in [1.82, 2.24) is 25.5 Å². The Morgan fingerprint density at radius 2 is 2.22 bits per heavy atom. The molecule has 0 fully saturated rings. The minimum absolute atomic E-state index is 0.102. The number of H-pyrrole nitrogens is 1. The van der Waals surface area contributed by atoms with Gasteiger partial charge in [-0.1, -0.05) is 13.8 Å². The van der Waals surface area contributed by atoms with Gasteiger partial charge in [0.2, 0.25) is 0 Å². The third kappa shape index (κ3) is 3.67. The van der Waals surface area contributed by atoms with E-state index in [-0.39, 0.29) is 5.91 Å². The molecule has 1 aliphatic rings. The summed E-state index contributed by atoms with van der Waals surface area (Å²) >= 11 is 0. The van der Waals surface area contributed by atoms with Crippen LogP contribution in [0.3, 0.4) is 0 Å². The first-order chi connectivity index (χ1) is 11.1. The van der Waals surface area contributed by atoms with Gasteiger partial charge in [0.15, 0.2) is 0 Å². The Balaban J connectivity index is 1.81. The second-order valence-electron chi connectivity index (χ2n) is 6.18. The van der Waals surface area contributed by atoms with Crippen LogP contribution in [0.5, 0.6) is 0 Å². The van der Waals surface area contributed by atoms with Crippen molar-refractivity contribution in [1.29, 1.82) is 0 Å². The maximum absolute atomic E-state index is 12.1. The van der Waals surface area contributed by atoms with Gasteiger partial charge < -0.3 is 10.6 Å². The highest BCUT2D eigenvalue weighted by Crippen LogP contribution is 2.21. The van der Waals surface area contributed by atoms with E-state index in [0.29, 0.717) is 18.2 Å². The van der Waals surface area contributed by atoms with Gasteiger partial charge in [-0.05, 0) is 18.4 Å². The van der Waals surface area contributed by atoms with E-state index in [9.17, 15) is 4.79 Å². The fourth-order valence-electron chi connectivity index (χ4n) is 2.68. The van der Waals surface area contributed by atoms with Crippen LogP contribution in [0.25, 0.3) is 0 Å². The van der Waals surface area contributed by atoms with E-state index in [1.54, 1.807) is 6.20 Å². The van der Waals surface area contributed by atoms with E-state index >= 15 is 0 Å². The molecule has 0 aliphatic carbocycles. The Kier molecular flexibility index (Phi) is 4.55. The van der Waals surface area contributed by atoms with Crippen LogP contribution in [0.4, 0.5) is 5.82 Å². The molecule has 0 aromatic carbocycles. The molecular formula is C16H22N6O. The summed E-state index contributed by atoms with van der Waals surface area (Å²) < 4.78 is 0. The SMILES string of the molecule is CC(C)Cc1nc(NCCc2ccn[nH]2)c2c(n1)C(=O)NCC2. The van der Waals surface area contributed by atoms with Gasteiger partial charge in [0, 0.05) is 43.4 Å². The van der Waals surface area contributed by atoms with Crippen LogP contribution >= 0.6 is 0 Å². The van der Waals surface area contributed by atoms with Crippen molar-refractivity contribution in [2.45, 2.75) is 33.1 Å². The molecule has 3 N–H and O–H groups in total. The molecule has 2 aromatic rings. The molecule has 23 heavy (non-hydrogen) atoms. The van der Waals surface area contributed by atoms with Gasteiger partial charge in [-0.3, -0.25) is 9.89 Å². The normalized spacial score (nSPS) is 13.8. The number of rotatable bonds is 6. The summed E-state index contributed by atoms with van der Waals surface area (Å²) in [5, 5.41) is 13.1. The first-order valence-corrected chi connectivity index (χ1v) is 8.03. The van der Waals surface area contributed by atoms with Crippen molar-refractivity contribution >= 4 is 11.7 Å². The highest BCUT2D eigenvalue weighted by molar-refractivity contribution is 5.95. The topological polar surface area (TPSA) is 95.6 Å². The van der Waals surface area contributed by atoms with E-state index in [2.05, 4.69) is 44.6 Å². The smallest absolute Gasteiger partial charge is 0.270 e. The number of carbonyl (C=O) groups is 1. The van der Waals surface area contributed by atoms with Gasteiger partial charge in [0.25, 0.3) is 5.91 Å². The number of fused-ring (bicyclic) bond motifs is 1. The fourth-order valence-corrected chi connectivity index (χ4v) is 2.68. The van der Waals surface area contributed by atoms with Crippen molar-refractivity contribution in [3.8, 4) is 0 Å². The molecule has 122 valence electrons. The Morgan fingerprint density at radius 1 is 1.35 bits per heavy atom. The molecule has 0 radical (unpaired) electrons. The molecule has 1 amide bonds. The number of amides is 1. The molecular weight excluding hydrogens is 292 g/mol. The zero-order chi connectivity index (χ0) is 16.2. The van der Waals surface area contributed by atoms with Gasteiger partial charge in [-0.25, -0.2) is 9.97 Å². The third-order valence-corrected chi connectivity index (χ3v) is 3.77. The van der Waals surface area contributed by atoms with Gasteiger partial charge >= 0.3 is 0 Å². The van der Waals surface area contributed by atoms with Gasteiger partial charge in [0.1, 0.15) is 17.3 Å². The molecule has 0 saturated heterocycles. The van der Waals surface area contributed by atoms with E-state index in [1.165, 1.54) is 0 Å². The van der Waals surface area contributed by atoms with Gasteiger partial charge in [-0.15, -0.1) is 0 Å². The van der Waals surface area contributed by atoms with Gasteiger partial charge in [0.05, 0.1) is 0 Å². The molecule has 7 heteroatoms. The lowest BCUT2D eigenvalue weighted by molar-refractivity contribution is 0.0940. The summed E-state index contributed by atoms with van der Waals surface area (Å²) in [4.78, 5) is 21.2. The summed E-state index contributed by atoms with van der Waals surface area (Å²) in [7, 11) is 0. The molecule has 3 rings (SSSR count). The van der Waals surface area contributed by atoms with Crippen molar-refractivity contribution in [3.63, 3.8) is 0 Å². The Morgan fingerprint density at radius 3 is 2.96 bits per heavy atom. The molecule has 7 nitrogen and oxygen atoms in total.